The summed E-state index contributed by atoms with van der Waals surface area (Å²) in [5, 5.41) is 0.976. The zero-order valence-electron chi connectivity index (χ0n) is 13.8. The average Bonchev–Trinajstić information content (AvgIpc) is 2.91. The van der Waals surface area contributed by atoms with Gasteiger partial charge < -0.3 is 9.30 Å². The van der Waals surface area contributed by atoms with E-state index in [1.54, 1.807) is 11.3 Å². The smallest absolute Gasteiger partial charge is 0.282 e. The number of carbonyl (C=O) groups is 1. The molecule has 8 heteroatoms. The molecule has 6 nitrogen and oxygen atoms in total. The van der Waals surface area contributed by atoms with Crippen LogP contribution in [0.2, 0.25) is 25.7 Å². The molecule has 122 valence electrons. The molecule has 2 heterocycles. The van der Waals surface area contributed by atoms with E-state index in [9.17, 15) is 4.79 Å². The Kier molecular flexibility index (Phi) is 5.06. The highest BCUT2D eigenvalue weighted by molar-refractivity contribution is 7.18. The van der Waals surface area contributed by atoms with Crippen LogP contribution in [0.25, 0.3) is 10.3 Å². The van der Waals surface area contributed by atoms with Crippen molar-refractivity contribution in [2.75, 3.05) is 6.61 Å². The van der Waals surface area contributed by atoms with Crippen LogP contribution in [0.1, 0.15) is 21.1 Å². The predicted octanol–water partition coefficient (Wildman–Crippen LogP) is 2.63. The third kappa shape index (κ3) is 3.57. The van der Waals surface area contributed by atoms with Crippen LogP contribution in [0.3, 0.4) is 0 Å². The van der Waals surface area contributed by atoms with Gasteiger partial charge in [-0.15, -0.1) is 11.3 Å². The Morgan fingerprint density at radius 1 is 1.41 bits per heavy atom. The molecule has 2 rings (SSSR count). The number of nitrogen functional groups attached to an aromatic ring is 1. The Bertz CT molecular complexity index is 687. The van der Waals surface area contributed by atoms with Crippen molar-refractivity contribution in [3.05, 3.63) is 16.3 Å². The Morgan fingerprint density at radius 2 is 2.09 bits per heavy atom. The highest BCUT2D eigenvalue weighted by Gasteiger charge is 2.22. The van der Waals surface area contributed by atoms with E-state index in [4.69, 9.17) is 10.6 Å². The van der Waals surface area contributed by atoms with Gasteiger partial charge in [-0.25, -0.2) is 10.8 Å². The van der Waals surface area contributed by atoms with Gasteiger partial charge in [0, 0.05) is 20.2 Å². The average molecular weight is 341 g/mol. The summed E-state index contributed by atoms with van der Waals surface area (Å²) < 4.78 is 7.69. The number of thiazole rings is 1. The zero-order valence-corrected chi connectivity index (χ0v) is 15.6. The molecule has 0 aliphatic heterocycles. The molecule has 0 spiro atoms. The van der Waals surface area contributed by atoms with E-state index in [0.717, 1.165) is 27.0 Å². The Balaban J connectivity index is 2.27. The van der Waals surface area contributed by atoms with Crippen molar-refractivity contribution >= 4 is 35.7 Å². The van der Waals surface area contributed by atoms with Crippen molar-refractivity contribution < 1.29 is 9.53 Å². The number of nitrogens with zero attached hydrogens (tertiary/aromatic N) is 2. The Labute approximate surface area is 135 Å². The summed E-state index contributed by atoms with van der Waals surface area (Å²) in [5.41, 5.74) is 4.44. The molecule has 0 radical (unpaired) electrons. The lowest BCUT2D eigenvalue weighted by molar-refractivity contribution is 0.0812. The number of aryl methyl sites for hydroxylation is 2. The van der Waals surface area contributed by atoms with Crippen molar-refractivity contribution in [3.8, 4) is 0 Å². The van der Waals surface area contributed by atoms with Crippen molar-refractivity contribution in [1.82, 2.24) is 15.0 Å². The lowest BCUT2D eigenvalue weighted by Crippen LogP contribution is -2.32. The van der Waals surface area contributed by atoms with Gasteiger partial charge in [0.2, 0.25) is 0 Å². The highest BCUT2D eigenvalue weighted by atomic mass is 32.1. The Morgan fingerprint density at radius 3 is 2.68 bits per heavy atom. The molecular formula is C14H24N4O2SSi. The first-order valence-electron chi connectivity index (χ1n) is 7.29. The maximum atomic E-state index is 12.1. The van der Waals surface area contributed by atoms with Crippen molar-refractivity contribution in [1.29, 1.82) is 0 Å². The number of nitrogens with two attached hydrogens (primary N) is 1. The van der Waals surface area contributed by atoms with Crippen LogP contribution in [-0.4, -0.2) is 30.1 Å². The summed E-state index contributed by atoms with van der Waals surface area (Å²) in [5.74, 6) is 5.00. The van der Waals surface area contributed by atoms with E-state index in [0.29, 0.717) is 19.0 Å². The summed E-state index contributed by atoms with van der Waals surface area (Å²) in [4.78, 5) is 17.5. The monoisotopic (exact) mass is 340 g/mol. The molecule has 0 bridgehead atoms. The minimum atomic E-state index is -1.13. The number of carbonyl (C=O) groups excluding carboxylic acids is 1. The lowest BCUT2D eigenvalue weighted by atomic mass is 10.2. The molecular weight excluding hydrogens is 316 g/mol. The van der Waals surface area contributed by atoms with Gasteiger partial charge in [-0.1, -0.05) is 19.6 Å². The maximum Gasteiger partial charge on any atom is 0.282 e. The molecule has 0 fully saturated rings. The maximum absolute atomic E-state index is 12.1. The van der Waals surface area contributed by atoms with E-state index in [1.807, 2.05) is 18.4 Å². The third-order valence-electron chi connectivity index (χ3n) is 3.50. The number of ether oxygens (including phenoxy) is 1. The molecule has 0 atom stereocenters. The quantitative estimate of drug-likeness (QED) is 0.278. The van der Waals surface area contributed by atoms with E-state index >= 15 is 0 Å². The van der Waals surface area contributed by atoms with Gasteiger partial charge in [-0.05, 0) is 19.9 Å². The van der Waals surface area contributed by atoms with E-state index in [1.165, 1.54) is 0 Å². The number of aromatic nitrogens is 2. The molecule has 0 aromatic carbocycles. The van der Waals surface area contributed by atoms with Gasteiger partial charge in [0.15, 0.2) is 0 Å². The fraction of sp³-hybridized carbons (Fsp3) is 0.571. The van der Waals surface area contributed by atoms with Crippen LogP contribution in [0.15, 0.2) is 0 Å². The first-order valence-corrected chi connectivity index (χ1v) is 11.8. The van der Waals surface area contributed by atoms with Gasteiger partial charge in [-0.3, -0.25) is 10.2 Å². The second-order valence-corrected chi connectivity index (χ2v) is 13.4. The standard InChI is InChI=1S/C14H24N4O2SSi/c1-9-11-14(21-10(2)16-11)18(12(9)13(19)17-15)8-20-6-7-22(3,4)5/h6-8,15H2,1-5H3,(H,17,19). The highest BCUT2D eigenvalue weighted by Crippen LogP contribution is 2.30. The summed E-state index contributed by atoms with van der Waals surface area (Å²) >= 11 is 1.56. The van der Waals surface area contributed by atoms with Crippen LogP contribution < -0.4 is 11.3 Å². The van der Waals surface area contributed by atoms with Crippen molar-refractivity contribution in [2.45, 2.75) is 46.3 Å². The summed E-state index contributed by atoms with van der Waals surface area (Å²) in [6.07, 6.45) is 0. The number of nitrogens with one attached hydrogen (secondary N) is 1. The Hall–Kier alpha value is -1.22. The SMILES string of the molecule is Cc1nc2c(C)c(C(=O)NN)n(COCC[Si](C)(C)C)c2s1. The van der Waals surface area contributed by atoms with Crippen LogP contribution in [-0.2, 0) is 11.5 Å². The summed E-state index contributed by atoms with van der Waals surface area (Å²) in [6.45, 7) is 11.8. The fourth-order valence-electron chi connectivity index (χ4n) is 2.28. The van der Waals surface area contributed by atoms with E-state index in [2.05, 4.69) is 30.1 Å². The molecule has 0 saturated carbocycles. The topological polar surface area (TPSA) is 82.2 Å². The normalized spacial score (nSPS) is 12.1. The van der Waals surface area contributed by atoms with Gasteiger partial charge >= 0.3 is 0 Å². The predicted molar refractivity (Wildman–Crippen MR) is 92.8 cm³/mol. The van der Waals surface area contributed by atoms with Crippen molar-refractivity contribution in [3.63, 3.8) is 0 Å². The third-order valence-corrected chi connectivity index (χ3v) is 6.20. The van der Waals surface area contributed by atoms with Crippen molar-refractivity contribution in [2.24, 2.45) is 5.84 Å². The second kappa shape index (κ2) is 6.49. The molecule has 2 aromatic rings. The largest absolute Gasteiger partial charge is 0.361 e. The molecule has 22 heavy (non-hydrogen) atoms. The molecule has 0 aliphatic carbocycles. The molecule has 3 N–H and O–H groups in total. The van der Waals surface area contributed by atoms with Gasteiger partial charge in [-0.2, -0.15) is 0 Å². The summed E-state index contributed by atoms with van der Waals surface area (Å²) in [7, 11) is -1.13. The minimum absolute atomic E-state index is 0.311. The van der Waals surface area contributed by atoms with Crippen LogP contribution >= 0.6 is 11.3 Å². The molecule has 0 aliphatic rings. The van der Waals surface area contributed by atoms with Gasteiger partial charge in [0.05, 0.1) is 5.01 Å². The van der Waals surface area contributed by atoms with Gasteiger partial charge in [0.1, 0.15) is 22.8 Å². The van der Waals surface area contributed by atoms with Crippen LogP contribution in [0, 0.1) is 13.8 Å². The molecule has 1 amide bonds. The second-order valence-electron chi connectivity index (χ2n) is 6.61. The zero-order chi connectivity index (χ0) is 16.5. The number of amides is 1. The number of rotatable bonds is 6. The van der Waals surface area contributed by atoms with Gasteiger partial charge in [0.25, 0.3) is 5.91 Å². The first-order chi connectivity index (χ1) is 10.2. The molecule has 0 saturated heterocycles. The summed E-state index contributed by atoms with van der Waals surface area (Å²) in [6, 6.07) is 1.09. The fourth-order valence-corrected chi connectivity index (χ4v) is 4.00. The first kappa shape index (κ1) is 17.1. The van der Waals surface area contributed by atoms with E-state index in [-0.39, 0.29) is 5.91 Å². The molecule has 2 aromatic heterocycles. The number of hydrogen-bond acceptors (Lipinski definition) is 5. The van der Waals surface area contributed by atoms with Crippen LogP contribution in [0.5, 0.6) is 0 Å². The lowest BCUT2D eigenvalue weighted by Gasteiger charge is -2.16. The number of hydrogen-bond donors (Lipinski definition) is 2. The number of hydrazine groups is 1. The molecule has 0 unspecified atom stereocenters. The number of fused-ring (bicyclic) bond motifs is 1. The minimum Gasteiger partial charge on any atom is -0.361 e. The van der Waals surface area contributed by atoms with Crippen LogP contribution in [0.4, 0.5) is 0 Å². The van der Waals surface area contributed by atoms with E-state index < -0.39 is 8.07 Å².